The molecular weight excluding hydrogens is 244 g/mol. The zero-order valence-electron chi connectivity index (χ0n) is 10.8. The van der Waals surface area contributed by atoms with Crippen LogP contribution in [0.1, 0.15) is 44.7 Å². The molecule has 0 heterocycles. The van der Waals surface area contributed by atoms with Crippen molar-refractivity contribution < 1.29 is 17.6 Å². The molecule has 18 heavy (non-hydrogen) atoms. The van der Waals surface area contributed by atoms with Gasteiger partial charge in [0.05, 0.1) is 5.56 Å². The van der Waals surface area contributed by atoms with Gasteiger partial charge in [-0.3, -0.25) is 0 Å². The zero-order valence-corrected chi connectivity index (χ0v) is 10.8. The molecule has 102 valence electrons. The van der Waals surface area contributed by atoms with E-state index in [2.05, 4.69) is 0 Å². The second kappa shape index (κ2) is 5.29. The fourth-order valence-corrected chi connectivity index (χ4v) is 2.07. The Morgan fingerprint density at radius 1 is 0.944 bits per heavy atom. The monoisotopic (exact) mass is 262 g/mol. The molecule has 0 aromatic heterocycles. The number of rotatable bonds is 4. The molecule has 0 aliphatic rings. The molecule has 1 aromatic carbocycles. The molecule has 0 spiro atoms. The van der Waals surface area contributed by atoms with E-state index in [1.807, 2.05) is 6.92 Å². The lowest BCUT2D eigenvalue weighted by molar-refractivity contribution is -0.137. The first kappa shape index (κ1) is 15.0. The topological polar surface area (TPSA) is 0 Å². The fourth-order valence-electron chi connectivity index (χ4n) is 2.07. The highest BCUT2D eigenvalue weighted by Gasteiger charge is 2.36. The van der Waals surface area contributed by atoms with Gasteiger partial charge in [-0.15, -0.1) is 0 Å². The van der Waals surface area contributed by atoms with Gasteiger partial charge in [-0.1, -0.05) is 39.3 Å². The highest BCUT2D eigenvalue weighted by Crippen LogP contribution is 2.39. The van der Waals surface area contributed by atoms with E-state index in [-0.39, 0.29) is 5.92 Å². The van der Waals surface area contributed by atoms with E-state index in [1.54, 1.807) is 13.8 Å². The maximum atomic E-state index is 14.8. The minimum absolute atomic E-state index is 0.269. The molecule has 1 atom stereocenters. The van der Waals surface area contributed by atoms with Crippen molar-refractivity contribution in [3.05, 3.63) is 35.4 Å². The molecule has 4 heteroatoms. The Labute approximate surface area is 105 Å². The lowest BCUT2D eigenvalue weighted by Crippen LogP contribution is -2.27. The highest BCUT2D eigenvalue weighted by atomic mass is 19.4. The predicted octanol–water partition coefficient (Wildman–Crippen LogP) is 5.33. The SMILES string of the molecule is CCCC(F)(c1ccc(C(F)(F)F)cc1)C(C)C. The van der Waals surface area contributed by atoms with E-state index in [1.165, 1.54) is 12.1 Å². The van der Waals surface area contributed by atoms with Gasteiger partial charge in [-0.05, 0) is 30.0 Å². The first-order valence-electron chi connectivity index (χ1n) is 6.08. The van der Waals surface area contributed by atoms with Crippen molar-refractivity contribution in [2.45, 2.75) is 45.5 Å². The molecular formula is C14H18F4. The van der Waals surface area contributed by atoms with Crippen molar-refractivity contribution in [2.75, 3.05) is 0 Å². The number of hydrogen-bond acceptors (Lipinski definition) is 0. The molecule has 0 bridgehead atoms. The van der Waals surface area contributed by atoms with E-state index in [9.17, 15) is 17.6 Å². The van der Waals surface area contributed by atoms with Gasteiger partial charge in [0.25, 0.3) is 0 Å². The summed E-state index contributed by atoms with van der Waals surface area (Å²) in [6.07, 6.45) is -3.41. The second-order valence-corrected chi connectivity index (χ2v) is 4.84. The van der Waals surface area contributed by atoms with Crippen LogP contribution < -0.4 is 0 Å². The fraction of sp³-hybridized carbons (Fsp3) is 0.571. The van der Waals surface area contributed by atoms with Crippen LogP contribution >= 0.6 is 0 Å². The Morgan fingerprint density at radius 3 is 1.72 bits per heavy atom. The van der Waals surface area contributed by atoms with E-state index < -0.39 is 17.4 Å². The van der Waals surface area contributed by atoms with Gasteiger partial charge < -0.3 is 0 Å². The second-order valence-electron chi connectivity index (χ2n) is 4.84. The maximum absolute atomic E-state index is 14.8. The van der Waals surface area contributed by atoms with E-state index in [0.717, 1.165) is 12.1 Å². The van der Waals surface area contributed by atoms with Gasteiger partial charge in [0.1, 0.15) is 5.67 Å². The molecule has 0 amide bonds. The summed E-state index contributed by atoms with van der Waals surface area (Å²) in [4.78, 5) is 0. The molecule has 1 rings (SSSR count). The van der Waals surface area contributed by atoms with Gasteiger partial charge in [0, 0.05) is 0 Å². The Morgan fingerprint density at radius 2 is 1.39 bits per heavy atom. The number of hydrogen-bond donors (Lipinski definition) is 0. The molecule has 0 saturated heterocycles. The summed E-state index contributed by atoms with van der Waals surface area (Å²) in [5.41, 5.74) is -1.97. The van der Waals surface area contributed by atoms with Gasteiger partial charge in [-0.2, -0.15) is 13.2 Å². The Balaban J connectivity index is 3.09. The minimum atomic E-state index is -4.37. The third-order valence-corrected chi connectivity index (χ3v) is 3.22. The van der Waals surface area contributed by atoms with Gasteiger partial charge >= 0.3 is 6.18 Å². The summed E-state index contributed by atoms with van der Waals surface area (Å²) in [5, 5.41) is 0. The highest BCUT2D eigenvalue weighted by molar-refractivity contribution is 5.29. The smallest absolute Gasteiger partial charge is 0.238 e. The lowest BCUT2D eigenvalue weighted by Gasteiger charge is -2.30. The van der Waals surface area contributed by atoms with Crippen LogP contribution in [0.5, 0.6) is 0 Å². The van der Waals surface area contributed by atoms with Gasteiger partial charge in [0.15, 0.2) is 0 Å². The summed E-state index contributed by atoms with van der Waals surface area (Å²) in [6.45, 7) is 5.35. The van der Waals surface area contributed by atoms with E-state index >= 15 is 0 Å². The molecule has 0 aliphatic carbocycles. The summed E-state index contributed by atoms with van der Waals surface area (Å²) in [7, 11) is 0. The van der Waals surface area contributed by atoms with Crippen LogP contribution in [-0.4, -0.2) is 0 Å². The van der Waals surface area contributed by atoms with Crippen LogP contribution in [0.3, 0.4) is 0 Å². The molecule has 1 unspecified atom stereocenters. The van der Waals surface area contributed by atoms with Crippen molar-refractivity contribution in [1.82, 2.24) is 0 Å². The van der Waals surface area contributed by atoms with Crippen molar-refractivity contribution in [3.8, 4) is 0 Å². The van der Waals surface area contributed by atoms with E-state index in [0.29, 0.717) is 18.4 Å². The normalized spacial score (nSPS) is 15.8. The number of alkyl halides is 4. The van der Waals surface area contributed by atoms with Crippen molar-refractivity contribution in [3.63, 3.8) is 0 Å². The lowest BCUT2D eigenvalue weighted by atomic mass is 9.81. The van der Waals surface area contributed by atoms with Crippen LogP contribution in [-0.2, 0) is 11.8 Å². The van der Waals surface area contributed by atoms with Crippen LogP contribution in [0.25, 0.3) is 0 Å². The van der Waals surface area contributed by atoms with Gasteiger partial charge in [-0.25, -0.2) is 4.39 Å². The van der Waals surface area contributed by atoms with Crippen molar-refractivity contribution in [2.24, 2.45) is 5.92 Å². The molecule has 0 fully saturated rings. The predicted molar refractivity (Wildman–Crippen MR) is 64.0 cm³/mol. The zero-order chi connectivity index (χ0) is 14.0. The Bertz CT molecular complexity index is 378. The molecule has 0 aliphatic heterocycles. The van der Waals surface area contributed by atoms with Crippen LogP contribution in [0, 0.1) is 5.92 Å². The van der Waals surface area contributed by atoms with Gasteiger partial charge in [0.2, 0.25) is 0 Å². The summed E-state index contributed by atoms with van der Waals surface area (Å²) < 4.78 is 52.1. The number of benzene rings is 1. The van der Waals surface area contributed by atoms with Crippen molar-refractivity contribution in [1.29, 1.82) is 0 Å². The van der Waals surface area contributed by atoms with E-state index in [4.69, 9.17) is 0 Å². The maximum Gasteiger partial charge on any atom is 0.416 e. The first-order chi connectivity index (χ1) is 8.21. The third-order valence-electron chi connectivity index (χ3n) is 3.22. The quantitative estimate of drug-likeness (QED) is 0.644. The molecule has 0 nitrogen and oxygen atoms in total. The van der Waals surface area contributed by atoms with Crippen molar-refractivity contribution >= 4 is 0 Å². The van der Waals surface area contributed by atoms with Crippen LogP contribution in [0.15, 0.2) is 24.3 Å². The largest absolute Gasteiger partial charge is 0.416 e. The Kier molecular flexibility index (Phi) is 4.41. The minimum Gasteiger partial charge on any atom is -0.238 e. The average molecular weight is 262 g/mol. The average Bonchev–Trinajstić information content (AvgIpc) is 2.28. The summed E-state index contributed by atoms with van der Waals surface area (Å²) >= 11 is 0. The molecule has 0 N–H and O–H groups in total. The Hall–Kier alpha value is -1.06. The third kappa shape index (κ3) is 3.03. The number of halogens is 4. The standard InChI is InChI=1S/C14H18F4/c1-4-9-13(15,10(2)3)11-5-7-12(8-6-11)14(16,17)18/h5-8,10H,4,9H2,1-3H3. The molecule has 1 aromatic rings. The molecule has 0 radical (unpaired) electrons. The summed E-state index contributed by atoms with van der Waals surface area (Å²) in [5.74, 6) is -0.269. The summed E-state index contributed by atoms with van der Waals surface area (Å²) in [6, 6.07) is 4.39. The molecule has 0 saturated carbocycles. The first-order valence-corrected chi connectivity index (χ1v) is 6.08. The van der Waals surface area contributed by atoms with Crippen LogP contribution in [0.2, 0.25) is 0 Å². The van der Waals surface area contributed by atoms with Crippen LogP contribution in [0.4, 0.5) is 17.6 Å².